The highest BCUT2D eigenvalue weighted by atomic mass is 14.9. The molecule has 21 heavy (non-hydrogen) atoms. The Balaban J connectivity index is 2.31. The molecule has 2 aromatic carbocycles. The minimum absolute atomic E-state index is 0.578. The molecular weight excluding hydrogens is 258 g/mol. The van der Waals surface area contributed by atoms with Crippen molar-refractivity contribution >= 4 is 16.6 Å². The fraction of sp³-hybridized carbons (Fsp3) is 0.111. The molecule has 0 aliphatic rings. The van der Waals surface area contributed by atoms with E-state index in [2.05, 4.69) is 34.6 Å². The first kappa shape index (κ1) is 13.1. The number of hydrogen-bond donors (Lipinski definition) is 1. The van der Waals surface area contributed by atoms with Crippen LogP contribution in [0.3, 0.4) is 0 Å². The maximum atomic E-state index is 9.26. The number of fused-ring (bicyclic) bond motifs is 1. The number of pyridine rings is 1. The van der Waals surface area contributed by atoms with Crippen LogP contribution in [-0.4, -0.2) is 11.5 Å². The summed E-state index contributed by atoms with van der Waals surface area (Å²) < 4.78 is 0. The van der Waals surface area contributed by atoms with Gasteiger partial charge in [-0.2, -0.15) is 5.26 Å². The largest absolute Gasteiger partial charge is 0.384 e. The fourth-order valence-corrected chi connectivity index (χ4v) is 2.53. The quantitative estimate of drug-likeness (QED) is 0.777. The molecule has 0 spiro atoms. The zero-order chi connectivity index (χ0) is 14.7. The molecule has 0 bridgehead atoms. The third kappa shape index (κ3) is 2.32. The van der Waals surface area contributed by atoms with Gasteiger partial charge in [0.2, 0.25) is 0 Å². The summed E-state index contributed by atoms with van der Waals surface area (Å²) in [6.07, 6.45) is 1.65. The van der Waals surface area contributed by atoms with Gasteiger partial charge in [-0.3, -0.25) is 4.98 Å². The van der Waals surface area contributed by atoms with Crippen molar-refractivity contribution in [3.8, 4) is 17.2 Å². The average Bonchev–Trinajstić information content (AvgIpc) is 2.55. The Morgan fingerprint density at radius 3 is 2.62 bits per heavy atom. The van der Waals surface area contributed by atoms with Crippen molar-refractivity contribution in [2.45, 2.75) is 6.92 Å². The lowest BCUT2D eigenvalue weighted by Gasteiger charge is -2.12. The van der Waals surface area contributed by atoms with E-state index in [0.29, 0.717) is 5.56 Å². The van der Waals surface area contributed by atoms with Gasteiger partial charge in [0.05, 0.1) is 16.8 Å². The molecule has 0 atom stereocenters. The van der Waals surface area contributed by atoms with E-state index >= 15 is 0 Å². The number of nitriles is 1. The highest BCUT2D eigenvalue weighted by Gasteiger charge is 2.11. The van der Waals surface area contributed by atoms with Crippen LogP contribution >= 0.6 is 0 Å². The van der Waals surface area contributed by atoms with Crippen molar-refractivity contribution in [3.63, 3.8) is 0 Å². The Hall–Kier alpha value is -2.86. The molecule has 3 nitrogen and oxygen atoms in total. The number of nitrogens with zero attached hydrogens (tertiary/aromatic N) is 2. The first-order valence-electron chi connectivity index (χ1n) is 6.96. The number of nitrogens with one attached hydrogen (secondary N) is 1. The Bertz CT molecular complexity index is 817. The second kappa shape index (κ2) is 5.64. The lowest BCUT2D eigenvalue weighted by atomic mass is 10.00. The van der Waals surface area contributed by atoms with Crippen molar-refractivity contribution < 1.29 is 0 Å². The third-order valence-electron chi connectivity index (χ3n) is 3.46. The molecule has 0 fully saturated rings. The van der Waals surface area contributed by atoms with Crippen LogP contribution in [0.1, 0.15) is 12.5 Å². The molecule has 1 heterocycles. The Morgan fingerprint density at radius 1 is 1.10 bits per heavy atom. The van der Waals surface area contributed by atoms with Gasteiger partial charge in [0.25, 0.3) is 0 Å². The number of benzene rings is 2. The standard InChI is InChI=1S/C18H15N3/c1-2-20-17-14(11-19)12-21-18-15(9-6-10-16(17)18)13-7-4-3-5-8-13/h3-10,12H,2H2,1H3,(H,20,21). The van der Waals surface area contributed by atoms with E-state index in [1.807, 2.05) is 37.3 Å². The molecule has 3 aromatic rings. The Labute approximate surface area is 123 Å². The smallest absolute Gasteiger partial charge is 0.103 e. The van der Waals surface area contributed by atoms with Gasteiger partial charge < -0.3 is 5.32 Å². The predicted molar refractivity (Wildman–Crippen MR) is 86.1 cm³/mol. The normalized spacial score (nSPS) is 10.3. The lowest BCUT2D eigenvalue weighted by molar-refractivity contribution is 1.21. The summed E-state index contributed by atoms with van der Waals surface area (Å²) in [7, 11) is 0. The molecule has 0 aliphatic heterocycles. The SMILES string of the molecule is CCNc1c(C#N)cnc2c(-c3ccccc3)cccc12. The zero-order valence-electron chi connectivity index (χ0n) is 11.8. The molecule has 1 N–H and O–H groups in total. The average molecular weight is 273 g/mol. The summed E-state index contributed by atoms with van der Waals surface area (Å²) in [5.41, 5.74) is 4.57. The van der Waals surface area contributed by atoms with Gasteiger partial charge in [-0.1, -0.05) is 48.5 Å². The molecule has 0 unspecified atom stereocenters. The molecule has 102 valence electrons. The maximum absolute atomic E-state index is 9.26. The first-order valence-corrected chi connectivity index (χ1v) is 6.96. The third-order valence-corrected chi connectivity index (χ3v) is 3.46. The summed E-state index contributed by atoms with van der Waals surface area (Å²) in [5.74, 6) is 0. The Morgan fingerprint density at radius 2 is 1.90 bits per heavy atom. The van der Waals surface area contributed by atoms with Crippen molar-refractivity contribution in [3.05, 3.63) is 60.3 Å². The van der Waals surface area contributed by atoms with Gasteiger partial charge in [-0.05, 0) is 12.5 Å². The van der Waals surface area contributed by atoms with Gasteiger partial charge in [0, 0.05) is 23.7 Å². The van der Waals surface area contributed by atoms with Crippen molar-refractivity contribution in [1.29, 1.82) is 5.26 Å². The number of rotatable bonds is 3. The summed E-state index contributed by atoms with van der Waals surface area (Å²) in [6.45, 7) is 2.79. The Kier molecular flexibility index (Phi) is 3.53. The van der Waals surface area contributed by atoms with E-state index in [1.165, 1.54) is 0 Å². The van der Waals surface area contributed by atoms with Gasteiger partial charge in [-0.25, -0.2) is 0 Å². The highest BCUT2D eigenvalue weighted by molar-refractivity contribution is 6.01. The van der Waals surface area contributed by atoms with Gasteiger partial charge in [0.1, 0.15) is 6.07 Å². The topological polar surface area (TPSA) is 48.7 Å². The van der Waals surface area contributed by atoms with E-state index in [4.69, 9.17) is 0 Å². The van der Waals surface area contributed by atoms with Crippen LogP contribution in [0.2, 0.25) is 0 Å². The van der Waals surface area contributed by atoms with Crippen molar-refractivity contribution in [2.75, 3.05) is 11.9 Å². The maximum Gasteiger partial charge on any atom is 0.103 e. The van der Waals surface area contributed by atoms with Gasteiger partial charge in [-0.15, -0.1) is 0 Å². The van der Waals surface area contributed by atoms with Gasteiger partial charge in [0.15, 0.2) is 0 Å². The first-order chi connectivity index (χ1) is 10.3. The van der Waals surface area contributed by atoms with Gasteiger partial charge >= 0.3 is 0 Å². The molecule has 3 rings (SSSR count). The molecule has 1 aromatic heterocycles. The van der Waals surface area contributed by atoms with Crippen LogP contribution in [0, 0.1) is 11.3 Å². The molecule has 0 radical (unpaired) electrons. The van der Waals surface area contributed by atoms with Crippen LogP contribution < -0.4 is 5.32 Å². The van der Waals surface area contributed by atoms with Crippen LogP contribution in [-0.2, 0) is 0 Å². The summed E-state index contributed by atoms with van der Waals surface area (Å²) in [5, 5.41) is 13.5. The second-order valence-electron chi connectivity index (χ2n) is 4.76. The molecular formula is C18H15N3. The highest BCUT2D eigenvalue weighted by Crippen LogP contribution is 2.32. The molecule has 0 amide bonds. The minimum atomic E-state index is 0.578. The minimum Gasteiger partial charge on any atom is -0.384 e. The van der Waals surface area contributed by atoms with Crippen LogP contribution in [0.15, 0.2) is 54.7 Å². The van der Waals surface area contributed by atoms with E-state index in [0.717, 1.165) is 34.3 Å². The molecule has 3 heteroatoms. The monoisotopic (exact) mass is 273 g/mol. The van der Waals surface area contributed by atoms with Crippen molar-refractivity contribution in [2.24, 2.45) is 0 Å². The van der Waals surface area contributed by atoms with E-state index < -0.39 is 0 Å². The van der Waals surface area contributed by atoms with Crippen LogP contribution in [0.25, 0.3) is 22.0 Å². The predicted octanol–water partition coefficient (Wildman–Crippen LogP) is 4.21. The van der Waals surface area contributed by atoms with E-state index in [9.17, 15) is 5.26 Å². The molecule has 0 saturated heterocycles. The summed E-state index contributed by atoms with van der Waals surface area (Å²) in [4.78, 5) is 4.51. The number of para-hydroxylation sites is 1. The lowest BCUT2D eigenvalue weighted by Crippen LogP contribution is -2.01. The van der Waals surface area contributed by atoms with Crippen LogP contribution in [0.4, 0.5) is 5.69 Å². The second-order valence-corrected chi connectivity index (χ2v) is 4.76. The number of anilines is 1. The summed E-state index contributed by atoms with van der Waals surface area (Å²) >= 11 is 0. The fourth-order valence-electron chi connectivity index (χ4n) is 2.53. The van der Waals surface area contributed by atoms with E-state index in [1.54, 1.807) is 6.20 Å². The van der Waals surface area contributed by atoms with E-state index in [-0.39, 0.29) is 0 Å². The number of aromatic nitrogens is 1. The molecule has 0 aliphatic carbocycles. The summed E-state index contributed by atoms with van der Waals surface area (Å²) in [6, 6.07) is 18.5. The van der Waals surface area contributed by atoms with Crippen molar-refractivity contribution in [1.82, 2.24) is 4.98 Å². The van der Waals surface area contributed by atoms with Crippen LogP contribution in [0.5, 0.6) is 0 Å². The number of hydrogen-bond acceptors (Lipinski definition) is 3. The zero-order valence-corrected chi connectivity index (χ0v) is 11.8. The molecule has 0 saturated carbocycles.